The van der Waals surface area contributed by atoms with E-state index >= 15 is 0 Å². The van der Waals surface area contributed by atoms with Crippen molar-refractivity contribution in [2.45, 2.75) is 57.3 Å². The maximum absolute atomic E-state index is 14.4. The van der Waals surface area contributed by atoms with E-state index in [1.807, 2.05) is 68.3 Å². The molecule has 8 rings (SSSR count). The van der Waals surface area contributed by atoms with Gasteiger partial charge in [-0.25, -0.2) is 33.5 Å². The lowest BCUT2D eigenvalue weighted by atomic mass is 9.84. The SMILES string of the molecule is CN(C)C1=CCC2=C(c3ccc(N4C(=O)C=CC4=O)cc3C(=O)SCCNC(=O)CCNC(=O)C(O)C(C)(C)COP(=O)(O)OP(=O)(O)OCC3OC(n4cnc5c(N)ncnc54)C(O)C3OP(=O)(O)O)c3ccc(N(C)C)cc3OC2=C1. The number of anilines is 3. The van der Waals surface area contributed by atoms with Crippen LogP contribution in [0.15, 0.2) is 90.4 Å². The van der Waals surface area contributed by atoms with Gasteiger partial charge in [-0.05, 0) is 36.2 Å². The Morgan fingerprint density at radius 3 is 2.31 bits per heavy atom. The third kappa shape index (κ3) is 14.5. The van der Waals surface area contributed by atoms with E-state index in [0.29, 0.717) is 29.1 Å². The third-order valence-electron chi connectivity index (χ3n) is 13.2. The molecule has 0 saturated carbocycles. The molecule has 0 radical (unpaired) electrons. The standard InChI is InChI=1S/C49H59N10O20P3S/c1-49(2,23-75-82(72,73)79-81(70,71)74-22-35-42(78-80(67,68)69)41(63)47(77-35)58-25-55-40-44(50)53-24-54-45(40)58)43(64)46(65)52-16-15-36(60)51-17-18-83-48(66)32-19-28(59-37(61)13-14-38(59)62)9-10-29(32)39-30-11-7-26(56(3)4)20-33(30)76-34-21-27(57(5)6)8-12-31(34)39/h7-11,13-14,19-21,24-25,35,41-43,47,63-64H,12,15-18,22-23H2,1-6H3,(H,51,60)(H,52,65)(H,70,71)(H,72,73)(H2,50,53,54)(H2,67,68,69). The van der Waals surface area contributed by atoms with Gasteiger partial charge in [-0.3, -0.25) is 42.1 Å². The van der Waals surface area contributed by atoms with Gasteiger partial charge >= 0.3 is 23.5 Å². The number of likely N-dealkylation sites (N-methyl/N-ethyl adjacent to an activating group) is 1. The van der Waals surface area contributed by atoms with Crippen molar-refractivity contribution in [2.24, 2.45) is 5.41 Å². The topological polar surface area (TPSA) is 417 Å². The number of aliphatic hydroxyl groups excluding tert-OH is 2. The van der Waals surface area contributed by atoms with Crippen LogP contribution in [0.2, 0.25) is 0 Å². The Morgan fingerprint density at radius 1 is 0.928 bits per heavy atom. The van der Waals surface area contributed by atoms with Gasteiger partial charge in [-0.1, -0.05) is 37.8 Å². The van der Waals surface area contributed by atoms with E-state index in [-0.39, 0.29) is 53.5 Å². The largest absolute Gasteiger partial charge is 0.481 e. The number of aromatic nitrogens is 4. The molecule has 0 spiro atoms. The highest BCUT2D eigenvalue weighted by Gasteiger charge is 2.50. The van der Waals surface area contributed by atoms with Crippen LogP contribution >= 0.6 is 35.2 Å². The molecule has 30 nitrogen and oxygen atoms in total. The maximum atomic E-state index is 14.4. The summed E-state index contributed by atoms with van der Waals surface area (Å²) in [7, 11) is -8.98. The molecule has 7 atom stereocenters. The van der Waals surface area contributed by atoms with Crippen molar-refractivity contribution >= 4 is 97.9 Å². The number of carbonyl (C=O) groups is 5. The van der Waals surface area contributed by atoms with Crippen LogP contribution in [-0.4, -0.2) is 168 Å². The minimum atomic E-state index is -5.65. The van der Waals surface area contributed by atoms with Gasteiger partial charge in [0, 0.05) is 117 Å². The zero-order chi connectivity index (χ0) is 60.5. The van der Waals surface area contributed by atoms with Crippen molar-refractivity contribution < 1.29 is 94.8 Å². The molecule has 1 saturated heterocycles. The van der Waals surface area contributed by atoms with Crippen LogP contribution in [-0.2, 0) is 55.5 Å². The number of allylic oxidation sites excluding steroid dienone is 3. The number of hydrogen-bond acceptors (Lipinski definition) is 23. The first-order valence-corrected chi connectivity index (χ1v) is 30.5. The predicted molar refractivity (Wildman–Crippen MR) is 296 cm³/mol. The first-order chi connectivity index (χ1) is 38.9. The number of nitrogens with one attached hydrogen (secondary N) is 2. The molecule has 4 amide bonds. The summed E-state index contributed by atoms with van der Waals surface area (Å²) in [6.07, 6.45) is -0.601. The van der Waals surface area contributed by atoms with E-state index in [1.165, 1.54) is 19.9 Å². The number of rotatable bonds is 24. The highest BCUT2D eigenvalue weighted by atomic mass is 32.2. The summed E-state index contributed by atoms with van der Waals surface area (Å²) >= 11 is 0.878. The minimum absolute atomic E-state index is 0.0115. The molecule has 2 aromatic carbocycles. The molecule has 2 aromatic heterocycles. The summed E-state index contributed by atoms with van der Waals surface area (Å²) in [5.74, 6) is -1.60. The van der Waals surface area contributed by atoms with E-state index in [9.17, 15) is 67.5 Å². The van der Waals surface area contributed by atoms with E-state index in [4.69, 9.17) is 24.3 Å². The number of ether oxygens (including phenoxy) is 2. The number of aliphatic hydroxyl groups is 2. The van der Waals surface area contributed by atoms with Crippen molar-refractivity contribution in [1.29, 1.82) is 0 Å². The highest BCUT2D eigenvalue weighted by molar-refractivity contribution is 8.14. The summed E-state index contributed by atoms with van der Waals surface area (Å²) in [6.45, 7) is 0.0254. The molecule has 4 aliphatic rings. The quantitative estimate of drug-likeness (QED) is 0.0276. The Morgan fingerprint density at radius 2 is 1.63 bits per heavy atom. The average Bonchev–Trinajstić information content (AvgIpc) is 4.05. The molecular formula is C49H59N10O20P3S. The number of nitrogens with two attached hydrogens (primary N) is 1. The zero-order valence-electron chi connectivity index (χ0n) is 45.1. The Balaban J connectivity index is 0.831. The fourth-order valence-corrected chi connectivity index (χ4v) is 12.5. The van der Waals surface area contributed by atoms with E-state index in [2.05, 4.69) is 34.4 Å². The summed E-state index contributed by atoms with van der Waals surface area (Å²) in [6, 6.07) is 10.5. The van der Waals surface area contributed by atoms with Crippen LogP contribution in [0, 0.1) is 5.41 Å². The van der Waals surface area contributed by atoms with Gasteiger partial charge in [0.05, 0.1) is 25.2 Å². The monoisotopic (exact) mass is 1230 g/mol. The van der Waals surface area contributed by atoms with Crippen LogP contribution in [0.4, 0.5) is 17.2 Å². The Bertz CT molecular complexity index is 3510. The molecule has 34 heteroatoms. The van der Waals surface area contributed by atoms with Crippen molar-refractivity contribution in [3.05, 3.63) is 107 Å². The van der Waals surface area contributed by atoms with Crippen LogP contribution in [0.5, 0.6) is 5.75 Å². The maximum Gasteiger partial charge on any atom is 0.481 e. The molecule has 4 aromatic rings. The number of amides is 4. The minimum Gasteiger partial charge on any atom is -0.456 e. The number of hydrogen-bond donors (Lipinski definition) is 9. The number of fused-ring (bicyclic) bond motifs is 3. The second-order valence-corrected chi connectivity index (χ2v) is 25.4. The van der Waals surface area contributed by atoms with Gasteiger partial charge in [-0.2, -0.15) is 4.31 Å². The van der Waals surface area contributed by atoms with Gasteiger partial charge in [0.1, 0.15) is 47.8 Å². The normalized spacial score (nSPS) is 20.7. The first-order valence-electron chi connectivity index (χ1n) is 25.0. The van der Waals surface area contributed by atoms with Crippen LogP contribution in [0.3, 0.4) is 0 Å². The molecular weight excluding hydrogens is 1170 g/mol. The fraction of sp³-hybridized carbons (Fsp3) is 0.388. The van der Waals surface area contributed by atoms with Gasteiger partial charge in [0.25, 0.3) is 11.8 Å². The number of imidazole rings is 1. The Kier molecular flexibility index (Phi) is 18.8. The lowest BCUT2D eigenvalue weighted by molar-refractivity contribution is -0.137. The predicted octanol–water partition coefficient (Wildman–Crippen LogP) is 2.40. The van der Waals surface area contributed by atoms with Crippen molar-refractivity contribution in [3.8, 4) is 5.75 Å². The van der Waals surface area contributed by atoms with Gasteiger partial charge in [0.15, 0.2) is 17.7 Å². The van der Waals surface area contributed by atoms with Crippen LogP contribution < -0.4 is 30.9 Å². The number of imide groups is 1. The molecule has 0 bridgehead atoms. The second kappa shape index (κ2) is 25.0. The molecule has 5 heterocycles. The van der Waals surface area contributed by atoms with E-state index < -0.39 is 101 Å². The number of thioether (sulfide) groups is 1. The molecule has 7 unspecified atom stereocenters. The molecule has 10 N–H and O–H groups in total. The van der Waals surface area contributed by atoms with Crippen LogP contribution in [0.1, 0.15) is 54.4 Å². The number of phosphoric acid groups is 3. The number of benzene rings is 2. The Labute approximate surface area is 477 Å². The fourth-order valence-electron chi connectivity index (χ4n) is 8.95. The van der Waals surface area contributed by atoms with E-state index in [0.717, 1.165) is 68.6 Å². The second-order valence-electron chi connectivity index (χ2n) is 20.0. The number of nitrogen functional groups attached to an aromatic ring is 1. The lowest BCUT2D eigenvalue weighted by Crippen LogP contribution is -2.46. The number of phosphoric ester groups is 3. The summed E-state index contributed by atoms with van der Waals surface area (Å²) in [5, 5.41) is 26.5. The average molecular weight is 1230 g/mol. The molecule has 3 aliphatic heterocycles. The summed E-state index contributed by atoms with van der Waals surface area (Å²) in [5.41, 5.74) is 9.09. The van der Waals surface area contributed by atoms with Crippen LogP contribution in [0.25, 0.3) is 16.7 Å². The number of nitrogens with zero attached hydrogens (tertiary/aromatic N) is 7. The number of carbonyl (C=O) groups excluding carboxylic acids is 5. The summed E-state index contributed by atoms with van der Waals surface area (Å²) in [4.78, 5) is 122. The molecule has 1 aliphatic carbocycles. The van der Waals surface area contributed by atoms with Crippen molar-refractivity contribution in [3.63, 3.8) is 0 Å². The zero-order valence-corrected chi connectivity index (χ0v) is 48.6. The van der Waals surface area contributed by atoms with Gasteiger partial charge in [-0.15, -0.1) is 0 Å². The van der Waals surface area contributed by atoms with Crippen molar-refractivity contribution in [1.82, 2.24) is 35.1 Å². The Hall–Kier alpha value is -6.50. The smallest absolute Gasteiger partial charge is 0.456 e. The van der Waals surface area contributed by atoms with Gasteiger partial charge in [0.2, 0.25) is 16.9 Å². The highest BCUT2D eigenvalue weighted by Crippen LogP contribution is 2.61. The first kappa shape index (κ1) is 62.5. The summed E-state index contributed by atoms with van der Waals surface area (Å²) < 4.78 is 69.5. The third-order valence-corrected chi connectivity index (χ3v) is 17.2. The lowest BCUT2D eigenvalue weighted by Gasteiger charge is -2.31. The van der Waals surface area contributed by atoms with E-state index in [1.54, 1.807) is 12.1 Å². The van der Waals surface area contributed by atoms with Crippen molar-refractivity contribution in [2.75, 3.05) is 75.8 Å². The molecule has 446 valence electrons. The molecule has 83 heavy (non-hydrogen) atoms. The van der Waals surface area contributed by atoms with Gasteiger partial charge < -0.3 is 65.4 Å². The molecule has 1 fully saturated rings.